The first-order valence-corrected chi connectivity index (χ1v) is 17.0. The molecule has 0 aliphatic carbocycles. The lowest BCUT2D eigenvalue weighted by atomic mass is 10.0. The number of carbonyl (C=O) groups excluding carboxylic acids is 2. The first kappa shape index (κ1) is 34.0. The van der Waals surface area contributed by atoms with E-state index in [9.17, 15) is 18.0 Å². The van der Waals surface area contributed by atoms with Gasteiger partial charge < -0.3 is 15.0 Å². The van der Waals surface area contributed by atoms with Gasteiger partial charge >= 0.3 is 0 Å². The zero-order valence-electron chi connectivity index (χ0n) is 25.0. The van der Waals surface area contributed by atoms with Gasteiger partial charge in [0.25, 0.3) is 10.0 Å². The molecule has 1 atom stereocenters. The minimum atomic E-state index is -4.24. The summed E-state index contributed by atoms with van der Waals surface area (Å²) in [6.45, 7) is 1.90. The van der Waals surface area contributed by atoms with Crippen molar-refractivity contribution in [3.8, 4) is 5.75 Å². The Labute approximate surface area is 278 Å². The van der Waals surface area contributed by atoms with Crippen LogP contribution in [0, 0.1) is 0 Å². The van der Waals surface area contributed by atoms with Gasteiger partial charge in [-0.25, -0.2) is 8.42 Å². The van der Waals surface area contributed by atoms with Crippen molar-refractivity contribution in [1.82, 2.24) is 10.2 Å². The SMILES string of the molecule is CCCNC(=O)[C@@H](Cc1ccccc1)N(Cc1cccc(Br)c1)C(=O)CN(c1ccc(Cl)cc1)S(=O)(=O)c1ccc(OC)cc1. The molecule has 0 aliphatic rings. The number of amides is 2. The monoisotopic (exact) mass is 711 g/mol. The van der Waals surface area contributed by atoms with E-state index in [4.69, 9.17) is 16.3 Å². The van der Waals surface area contributed by atoms with Crippen molar-refractivity contribution in [2.75, 3.05) is 24.5 Å². The second-order valence-corrected chi connectivity index (χ2v) is 13.5. The van der Waals surface area contributed by atoms with Crippen molar-refractivity contribution in [3.63, 3.8) is 0 Å². The average Bonchev–Trinajstić information content (AvgIpc) is 3.05. The molecule has 4 aromatic rings. The molecule has 236 valence electrons. The third-order valence-corrected chi connectivity index (χ3v) is 9.64. The lowest BCUT2D eigenvalue weighted by molar-refractivity contribution is -0.140. The maximum absolute atomic E-state index is 14.5. The van der Waals surface area contributed by atoms with Crippen LogP contribution in [0.25, 0.3) is 0 Å². The lowest BCUT2D eigenvalue weighted by Gasteiger charge is -2.34. The Bertz CT molecular complexity index is 1690. The number of ether oxygens (including phenoxy) is 1. The van der Waals surface area contributed by atoms with Crippen molar-refractivity contribution in [2.45, 2.75) is 37.2 Å². The normalized spacial score (nSPS) is 11.8. The summed E-state index contributed by atoms with van der Waals surface area (Å²) in [5.74, 6) is -0.375. The van der Waals surface area contributed by atoms with E-state index in [-0.39, 0.29) is 29.5 Å². The zero-order chi connectivity index (χ0) is 32.4. The summed E-state index contributed by atoms with van der Waals surface area (Å²) in [5.41, 5.74) is 1.89. The summed E-state index contributed by atoms with van der Waals surface area (Å²) in [6, 6.07) is 28.1. The smallest absolute Gasteiger partial charge is 0.264 e. The molecular formula is C34H35BrClN3O5S. The molecule has 0 heterocycles. The van der Waals surface area contributed by atoms with Gasteiger partial charge in [0.05, 0.1) is 17.7 Å². The van der Waals surface area contributed by atoms with Crippen LogP contribution >= 0.6 is 27.5 Å². The number of methoxy groups -OCH3 is 1. The molecule has 0 bridgehead atoms. The van der Waals surface area contributed by atoms with E-state index >= 15 is 0 Å². The van der Waals surface area contributed by atoms with Crippen LogP contribution in [0.5, 0.6) is 5.75 Å². The Balaban J connectivity index is 1.79. The Morgan fingerprint density at radius 1 is 0.911 bits per heavy atom. The van der Waals surface area contributed by atoms with Crippen molar-refractivity contribution >= 4 is 55.1 Å². The Morgan fingerprint density at radius 3 is 2.20 bits per heavy atom. The summed E-state index contributed by atoms with van der Waals surface area (Å²) in [7, 11) is -2.75. The predicted octanol–water partition coefficient (Wildman–Crippen LogP) is 6.47. The highest BCUT2D eigenvalue weighted by atomic mass is 79.9. The molecule has 0 unspecified atom stereocenters. The summed E-state index contributed by atoms with van der Waals surface area (Å²) in [4.78, 5) is 29.6. The lowest BCUT2D eigenvalue weighted by Crippen LogP contribution is -2.53. The molecule has 2 amide bonds. The fourth-order valence-electron chi connectivity index (χ4n) is 4.76. The van der Waals surface area contributed by atoms with Gasteiger partial charge in [0, 0.05) is 29.0 Å². The fraction of sp³-hybridized carbons (Fsp3) is 0.235. The topological polar surface area (TPSA) is 96.0 Å². The Kier molecular flexibility index (Phi) is 12.0. The molecule has 11 heteroatoms. The first-order chi connectivity index (χ1) is 21.6. The molecule has 0 fully saturated rings. The van der Waals surface area contributed by atoms with Gasteiger partial charge in [-0.1, -0.05) is 76.9 Å². The highest BCUT2D eigenvalue weighted by Crippen LogP contribution is 2.27. The van der Waals surface area contributed by atoms with Crippen molar-refractivity contribution in [1.29, 1.82) is 0 Å². The predicted molar refractivity (Wildman–Crippen MR) is 181 cm³/mol. The number of hydrogen-bond acceptors (Lipinski definition) is 5. The van der Waals surface area contributed by atoms with Crippen LogP contribution in [0.1, 0.15) is 24.5 Å². The van der Waals surface area contributed by atoms with E-state index in [1.54, 1.807) is 36.4 Å². The summed E-state index contributed by atoms with van der Waals surface area (Å²) < 4.78 is 35.3. The highest BCUT2D eigenvalue weighted by Gasteiger charge is 2.34. The molecule has 0 radical (unpaired) electrons. The van der Waals surface area contributed by atoms with Crippen LogP contribution < -0.4 is 14.4 Å². The van der Waals surface area contributed by atoms with Gasteiger partial charge in [-0.15, -0.1) is 0 Å². The van der Waals surface area contributed by atoms with Crippen molar-refractivity contribution in [3.05, 3.63) is 124 Å². The van der Waals surface area contributed by atoms with Crippen LogP contribution in [0.3, 0.4) is 0 Å². The Morgan fingerprint density at radius 2 is 1.58 bits per heavy atom. The van der Waals surface area contributed by atoms with Crippen LogP contribution in [0.4, 0.5) is 5.69 Å². The van der Waals surface area contributed by atoms with Gasteiger partial charge in [-0.3, -0.25) is 13.9 Å². The second-order valence-electron chi connectivity index (χ2n) is 10.3. The number of rotatable bonds is 14. The molecule has 4 aromatic carbocycles. The molecule has 0 spiro atoms. The maximum atomic E-state index is 14.5. The quantitative estimate of drug-likeness (QED) is 0.162. The highest BCUT2D eigenvalue weighted by molar-refractivity contribution is 9.10. The maximum Gasteiger partial charge on any atom is 0.264 e. The van der Waals surface area contributed by atoms with Crippen molar-refractivity contribution in [2.24, 2.45) is 0 Å². The van der Waals surface area contributed by atoms with Gasteiger partial charge in [0.1, 0.15) is 18.3 Å². The number of halogens is 2. The number of nitrogens with zero attached hydrogens (tertiary/aromatic N) is 2. The standard InChI is InChI=1S/C34H35BrClN3O5S/c1-3-20-37-34(41)32(22-25-8-5-4-6-9-25)38(23-26-10-7-11-27(35)21-26)33(40)24-39(29-14-12-28(36)13-15-29)45(42,43)31-18-16-30(44-2)17-19-31/h4-19,21,32H,3,20,22-24H2,1-2H3,(H,37,41)/t32-/m1/s1. The molecule has 0 saturated carbocycles. The fourth-order valence-corrected chi connectivity index (χ4v) is 6.75. The van der Waals surface area contributed by atoms with E-state index in [2.05, 4.69) is 21.2 Å². The molecular weight excluding hydrogens is 678 g/mol. The number of nitrogens with one attached hydrogen (secondary N) is 1. The molecule has 0 aromatic heterocycles. The zero-order valence-corrected chi connectivity index (χ0v) is 28.2. The number of sulfonamides is 1. The van der Waals surface area contributed by atoms with E-state index in [0.717, 1.165) is 19.9 Å². The number of benzene rings is 4. The molecule has 8 nitrogen and oxygen atoms in total. The van der Waals surface area contributed by atoms with Crippen LogP contribution in [0.2, 0.25) is 5.02 Å². The molecule has 4 rings (SSSR count). The van der Waals surface area contributed by atoms with Crippen LogP contribution in [0.15, 0.2) is 112 Å². The third kappa shape index (κ3) is 9.09. The molecule has 45 heavy (non-hydrogen) atoms. The minimum absolute atomic E-state index is 0.0221. The summed E-state index contributed by atoms with van der Waals surface area (Å²) in [6.07, 6.45) is 0.954. The number of carbonyl (C=O) groups is 2. The van der Waals surface area contributed by atoms with Gasteiger partial charge in [0.15, 0.2) is 0 Å². The summed E-state index contributed by atoms with van der Waals surface area (Å²) in [5, 5.41) is 3.36. The van der Waals surface area contributed by atoms with Crippen LogP contribution in [-0.2, 0) is 32.6 Å². The van der Waals surface area contributed by atoms with Gasteiger partial charge in [-0.05, 0) is 78.2 Å². The Hall–Kier alpha value is -3.86. The summed E-state index contributed by atoms with van der Waals surface area (Å²) >= 11 is 9.62. The van der Waals surface area contributed by atoms with E-state index in [1.807, 2.05) is 61.5 Å². The van der Waals surface area contributed by atoms with E-state index < -0.39 is 28.5 Å². The molecule has 1 N–H and O–H groups in total. The van der Waals surface area contributed by atoms with E-state index in [1.165, 1.54) is 24.1 Å². The van der Waals surface area contributed by atoms with E-state index in [0.29, 0.717) is 23.7 Å². The number of anilines is 1. The molecule has 0 saturated heterocycles. The van der Waals surface area contributed by atoms with Crippen LogP contribution in [-0.4, -0.2) is 51.4 Å². The van der Waals surface area contributed by atoms with Gasteiger partial charge in [-0.2, -0.15) is 0 Å². The van der Waals surface area contributed by atoms with Gasteiger partial charge in [0.2, 0.25) is 11.8 Å². The second kappa shape index (κ2) is 15.9. The average molecular weight is 713 g/mol. The number of hydrogen-bond donors (Lipinski definition) is 1. The first-order valence-electron chi connectivity index (χ1n) is 14.4. The largest absolute Gasteiger partial charge is 0.497 e. The minimum Gasteiger partial charge on any atom is -0.497 e. The van der Waals surface area contributed by atoms with Crippen molar-refractivity contribution < 1.29 is 22.7 Å². The third-order valence-electron chi connectivity index (χ3n) is 7.10. The molecule has 0 aliphatic heterocycles.